The number of rotatable bonds is 5. The molecule has 0 atom stereocenters. The van der Waals surface area contributed by atoms with Gasteiger partial charge in [-0.05, 0) is 24.6 Å². The summed E-state index contributed by atoms with van der Waals surface area (Å²) in [6, 6.07) is 17.1. The van der Waals surface area contributed by atoms with Gasteiger partial charge in [0, 0.05) is 16.2 Å². The first-order valence-corrected chi connectivity index (χ1v) is 8.73. The number of amides is 1. The molecule has 25 heavy (non-hydrogen) atoms. The van der Waals surface area contributed by atoms with Crippen LogP contribution in [0.4, 0.5) is 5.00 Å². The molecule has 1 N–H and O–H groups in total. The number of benzene rings is 2. The van der Waals surface area contributed by atoms with Crippen molar-refractivity contribution in [2.24, 2.45) is 0 Å². The van der Waals surface area contributed by atoms with E-state index in [-0.39, 0.29) is 12.5 Å². The molecule has 2 aromatic carbocycles. The molecule has 4 nitrogen and oxygen atoms in total. The van der Waals surface area contributed by atoms with Crippen LogP contribution in [0.2, 0.25) is 0 Å². The number of nitrogens with one attached hydrogen (secondary N) is 1. The Kier molecular flexibility index (Phi) is 5.26. The van der Waals surface area contributed by atoms with Crippen LogP contribution in [0.25, 0.3) is 16.2 Å². The van der Waals surface area contributed by atoms with Crippen LogP contribution in [-0.2, 0) is 9.53 Å². The van der Waals surface area contributed by atoms with Crippen molar-refractivity contribution in [1.82, 2.24) is 0 Å². The fourth-order valence-corrected chi connectivity index (χ4v) is 3.52. The number of esters is 1. The van der Waals surface area contributed by atoms with Gasteiger partial charge in [0.25, 0.3) is 0 Å². The van der Waals surface area contributed by atoms with Gasteiger partial charge in [0.1, 0.15) is 10.6 Å². The molecule has 1 aromatic heterocycles. The summed E-state index contributed by atoms with van der Waals surface area (Å²) in [5.41, 5.74) is 1.34. The Morgan fingerprint density at radius 2 is 1.80 bits per heavy atom. The number of anilines is 1. The molecule has 1 heterocycles. The molecule has 0 aliphatic heterocycles. The number of ether oxygens (including phenoxy) is 1. The summed E-state index contributed by atoms with van der Waals surface area (Å²) in [6.07, 6.45) is 3.18. The summed E-state index contributed by atoms with van der Waals surface area (Å²) in [4.78, 5) is 24.6. The Morgan fingerprint density at radius 3 is 2.56 bits per heavy atom. The minimum atomic E-state index is -0.428. The van der Waals surface area contributed by atoms with E-state index in [9.17, 15) is 9.59 Å². The molecule has 1 amide bonds. The van der Waals surface area contributed by atoms with Gasteiger partial charge in [0.2, 0.25) is 5.91 Å². The zero-order valence-corrected chi connectivity index (χ0v) is 14.5. The molecule has 0 radical (unpaired) electrons. The lowest BCUT2D eigenvalue weighted by atomic mass is 10.1. The first-order chi connectivity index (χ1) is 12.2. The number of carbonyl (C=O) groups excluding carboxylic acids is 2. The van der Waals surface area contributed by atoms with Crippen LogP contribution < -0.4 is 5.32 Å². The molecule has 0 saturated heterocycles. The number of hydrogen-bond donors (Lipinski definition) is 1. The van der Waals surface area contributed by atoms with E-state index < -0.39 is 5.97 Å². The average molecular weight is 351 g/mol. The van der Waals surface area contributed by atoms with Gasteiger partial charge >= 0.3 is 5.97 Å². The van der Waals surface area contributed by atoms with Gasteiger partial charge in [-0.3, -0.25) is 4.79 Å². The average Bonchev–Trinajstić information content (AvgIpc) is 2.99. The minimum absolute atomic E-state index is 0.282. The largest absolute Gasteiger partial charge is 0.462 e. The molecular weight excluding hydrogens is 334 g/mol. The molecule has 0 bridgehead atoms. The fraction of sp³-hybridized carbons (Fsp3) is 0.100. The van der Waals surface area contributed by atoms with Crippen LogP contribution in [0.5, 0.6) is 0 Å². The SMILES string of the molecule is CCOC(=O)c1c(NC(=O)C=Cc2ccccc2)sc2ccccc12. The second-order valence-corrected chi connectivity index (χ2v) is 6.31. The second-order valence-electron chi connectivity index (χ2n) is 5.26. The van der Waals surface area contributed by atoms with Crippen molar-refractivity contribution >= 4 is 44.4 Å². The van der Waals surface area contributed by atoms with Crippen molar-refractivity contribution in [1.29, 1.82) is 0 Å². The Morgan fingerprint density at radius 1 is 1.08 bits per heavy atom. The molecule has 3 aromatic rings. The summed E-state index contributed by atoms with van der Waals surface area (Å²) >= 11 is 1.36. The molecular formula is C20H17NO3S. The number of fused-ring (bicyclic) bond motifs is 1. The van der Waals surface area contributed by atoms with Crippen molar-refractivity contribution in [3.05, 3.63) is 71.8 Å². The van der Waals surface area contributed by atoms with Crippen molar-refractivity contribution in [2.75, 3.05) is 11.9 Å². The van der Waals surface area contributed by atoms with Crippen LogP contribution in [0.1, 0.15) is 22.8 Å². The van der Waals surface area contributed by atoms with Crippen LogP contribution in [0, 0.1) is 0 Å². The van der Waals surface area contributed by atoms with Gasteiger partial charge in [0.05, 0.1) is 6.61 Å². The molecule has 5 heteroatoms. The van der Waals surface area contributed by atoms with E-state index in [1.54, 1.807) is 13.0 Å². The highest BCUT2D eigenvalue weighted by molar-refractivity contribution is 7.23. The highest BCUT2D eigenvalue weighted by Crippen LogP contribution is 2.36. The van der Waals surface area contributed by atoms with E-state index in [2.05, 4.69) is 5.32 Å². The molecule has 126 valence electrons. The summed E-state index contributed by atoms with van der Waals surface area (Å²) in [5.74, 6) is -0.719. The van der Waals surface area contributed by atoms with Crippen molar-refractivity contribution in [2.45, 2.75) is 6.92 Å². The zero-order valence-electron chi connectivity index (χ0n) is 13.7. The standard InChI is InChI=1S/C20H17NO3S/c1-2-24-20(23)18-15-10-6-7-11-16(15)25-19(18)21-17(22)13-12-14-8-4-3-5-9-14/h3-13H,2H2,1H3,(H,21,22). The zero-order chi connectivity index (χ0) is 17.6. The van der Waals surface area contributed by atoms with E-state index in [4.69, 9.17) is 4.74 Å². The molecule has 0 fully saturated rings. The van der Waals surface area contributed by atoms with Crippen molar-refractivity contribution in [3.63, 3.8) is 0 Å². The maximum Gasteiger partial charge on any atom is 0.341 e. The van der Waals surface area contributed by atoms with Gasteiger partial charge in [-0.25, -0.2) is 4.79 Å². The highest BCUT2D eigenvalue weighted by atomic mass is 32.1. The normalized spacial score (nSPS) is 10.9. The predicted molar refractivity (Wildman–Crippen MR) is 102 cm³/mol. The van der Waals surface area contributed by atoms with Gasteiger partial charge < -0.3 is 10.1 Å². The Hall–Kier alpha value is -2.92. The molecule has 0 spiro atoms. The van der Waals surface area contributed by atoms with Gasteiger partial charge in [-0.1, -0.05) is 48.5 Å². The lowest BCUT2D eigenvalue weighted by Crippen LogP contribution is -2.12. The second kappa shape index (κ2) is 7.77. The first kappa shape index (κ1) is 16.9. The first-order valence-electron chi connectivity index (χ1n) is 7.92. The van der Waals surface area contributed by atoms with Gasteiger partial charge in [-0.2, -0.15) is 0 Å². The van der Waals surface area contributed by atoms with Crippen LogP contribution in [0.15, 0.2) is 60.7 Å². The van der Waals surface area contributed by atoms with E-state index in [0.717, 1.165) is 15.6 Å². The summed E-state index contributed by atoms with van der Waals surface area (Å²) in [6.45, 7) is 2.04. The molecule has 0 aliphatic rings. The van der Waals surface area contributed by atoms with E-state index in [0.29, 0.717) is 10.6 Å². The third-order valence-corrected chi connectivity index (χ3v) is 4.62. The Balaban J connectivity index is 1.87. The number of hydrogen-bond acceptors (Lipinski definition) is 4. The Bertz CT molecular complexity index is 929. The van der Waals surface area contributed by atoms with Crippen LogP contribution in [-0.4, -0.2) is 18.5 Å². The lowest BCUT2D eigenvalue weighted by Gasteiger charge is -2.05. The maximum atomic E-state index is 12.3. The van der Waals surface area contributed by atoms with Gasteiger partial charge in [-0.15, -0.1) is 11.3 Å². The monoisotopic (exact) mass is 351 g/mol. The lowest BCUT2D eigenvalue weighted by molar-refractivity contribution is -0.111. The summed E-state index contributed by atoms with van der Waals surface area (Å²) in [5, 5.41) is 4.09. The summed E-state index contributed by atoms with van der Waals surface area (Å²) in [7, 11) is 0. The van der Waals surface area contributed by atoms with Crippen molar-refractivity contribution in [3.8, 4) is 0 Å². The van der Waals surface area contributed by atoms with Gasteiger partial charge in [0.15, 0.2) is 0 Å². The predicted octanol–water partition coefficient (Wildman–Crippen LogP) is 4.73. The number of thiophene rings is 1. The minimum Gasteiger partial charge on any atom is -0.462 e. The van der Waals surface area contributed by atoms with E-state index >= 15 is 0 Å². The van der Waals surface area contributed by atoms with E-state index in [1.165, 1.54) is 17.4 Å². The molecule has 0 unspecified atom stereocenters. The van der Waals surface area contributed by atoms with Crippen molar-refractivity contribution < 1.29 is 14.3 Å². The topological polar surface area (TPSA) is 55.4 Å². The smallest absolute Gasteiger partial charge is 0.341 e. The fourth-order valence-electron chi connectivity index (χ4n) is 2.43. The quantitative estimate of drug-likeness (QED) is 0.534. The molecule has 0 saturated carbocycles. The highest BCUT2D eigenvalue weighted by Gasteiger charge is 2.20. The summed E-state index contributed by atoms with van der Waals surface area (Å²) < 4.78 is 6.07. The molecule has 3 rings (SSSR count). The van der Waals surface area contributed by atoms with Crippen LogP contribution >= 0.6 is 11.3 Å². The van der Waals surface area contributed by atoms with E-state index in [1.807, 2.05) is 54.6 Å². The third kappa shape index (κ3) is 3.95. The Labute approximate surface area is 149 Å². The third-order valence-electron chi connectivity index (χ3n) is 3.54. The maximum absolute atomic E-state index is 12.3. The van der Waals surface area contributed by atoms with Crippen LogP contribution in [0.3, 0.4) is 0 Å². The number of carbonyl (C=O) groups is 2. The molecule has 0 aliphatic carbocycles.